The van der Waals surface area contributed by atoms with Crippen molar-refractivity contribution in [1.29, 1.82) is 0 Å². The first-order valence-electron chi connectivity index (χ1n) is 10.8. The molecule has 0 aliphatic carbocycles. The van der Waals surface area contributed by atoms with Gasteiger partial charge in [0.2, 0.25) is 21.8 Å². The van der Waals surface area contributed by atoms with Crippen LogP contribution in [0.15, 0.2) is 48.5 Å². The second kappa shape index (κ2) is 11.5. The monoisotopic (exact) mass is 493 g/mol. The number of hydrogen-bond donors (Lipinski definition) is 1. The molecule has 7 nitrogen and oxygen atoms in total. The maximum atomic E-state index is 13.5. The molecule has 2 aromatic rings. The third-order valence-electron chi connectivity index (χ3n) is 5.55. The van der Waals surface area contributed by atoms with E-state index >= 15 is 0 Å². The third-order valence-corrected chi connectivity index (χ3v) is 6.92. The minimum Gasteiger partial charge on any atom is -0.352 e. The normalized spacial score (nSPS) is 13.2. The van der Waals surface area contributed by atoms with Crippen LogP contribution in [-0.2, 0) is 26.2 Å². The molecule has 2 aromatic carbocycles. The molecule has 0 spiro atoms. The number of anilines is 1. The molecule has 2 rings (SSSR count). The molecule has 2 atom stereocenters. The van der Waals surface area contributed by atoms with E-state index in [1.54, 1.807) is 25.1 Å². The van der Waals surface area contributed by atoms with Gasteiger partial charge in [0.1, 0.15) is 12.6 Å². The van der Waals surface area contributed by atoms with Crippen LogP contribution in [0.1, 0.15) is 38.3 Å². The smallest absolute Gasteiger partial charge is 0.244 e. The van der Waals surface area contributed by atoms with Gasteiger partial charge in [-0.2, -0.15) is 0 Å². The summed E-state index contributed by atoms with van der Waals surface area (Å²) >= 11 is 6.05. The van der Waals surface area contributed by atoms with Gasteiger partial charge in [-0.15, -0.1) is 0 Å². The zero-order valence-electron chi connectivity index (χ0n) is 19.7. The van der Waals surface area contributed by atoms with Crippen LogP contribution in [-0.4, -0.2) is 50.0 Å². The minimum absolute atomic E-state index is 0.0469. The van der Waals surface area contributed by atoms with Crippen molar-refractivity contribution in [3.8, 4) is 0 Å². The number of rotatable bonds is 10. The lowest BCUT2D eigenvalue weighted by Crippen LogP contribution is -2.52. The Hall–Kier alpha value is -2.58. The molecule has 0 fully saturated rings. The molecule has 0 aliphatic rings. The van der Waals surface area contributed by atoms with Gasteiger partial charge in [-0.05, 0) is 56.5 Å². The summed E-state index contributed by atoms with van der Waals surface area (Å²) in [6.07, 6.45) is 1.78. The van der Waals surface area contributed by atoms with Crippen molar-refractivity contribution >= 4 is 39.1 Å². The van der Waals surface area contributed by atoms with E-state index in [-0.39, 0.29) is 24.2 Å². The molecule has 9 heteroatoms. The predicted molar refractivity (Wildman–Crippen MR) is 133 cm³/mol. The van der Waals surface area contributed by atoms with E-state index in [4.69, 9.17) is 11.6 Å². The molecule has 0 aliphatic heterocycles. The molecular formula is C24H32ClN3O4S. The summed E-state index contributed by atoms with van der Waals surface area (Å²) < 4.78 is 26.1. The van der Waals surface area contributed by atoms with Crippen molar-refractivity contribution in [2.45, 2.75) is 52.7 Å². The maximum Gasteiger partial charge on any atom is 0.244 e. The summed E-state index contributed by atoms with van der Waals surface area (Å²) in [5.41, 5.74) is 2.13. The van der Waals surface area contributed by atoms with E-state index in [0.717, 1.165) is 28.1 Å². The molecule has 0 saturated carbocycles. The number of amides is 2. The average molecular weight is 494 g/mol. The quantitative estimate of drug-likeness (QED) is 0.546. The van der Waals surface area contributed by atoms with Crippen LogP contribution in [0.3, 0.4) is 0 Å². The Morgan fingerprint density at radius 3 is 2.33 bits per heavy atom. The van der Waals surface area contributed by atoms with Crippen molar-refractivity contribution in [2.24, 2.45) is 0 Å². The molecule has 0 saturated heterocycles. The van der Waals surface area contributed by atoms with E-state index in [1.807, 2.05) is 45.0 Å². The van der Waals surface area contributed by atoms with Crippen LogP contribution < -0.4 is 9.62 Å². The fraction of sp³-hybridized carbons (Fsp3) is 0.417. The van der Waals surface area contributed by atoms with Crippen molar-refractivity contribution < 1.29 is 18.0 Å². The van der Waals surface area contributed by atoms with Crippen LogP contribution in [0.25, 0.3) is 0 Å². The molecule has 33 heavy (non-hydrogen) atoms. The topological polar surface area (TPSA) is 86.8 Å². The summed E-state index contributed by atoms with van der Waals surface area (Å²) in [7, 11) is -3.79. The predicted octanol–water partition coefficient (Wildman–Crippen LogP) is 3.75. The number of aryl methyl sites for hydroxylation is 1. The van der Waals surface area contributed by atoms with Gasteiger partial charge in [-0.25, -0.2) is 8.42 Å². The number of hydrogen-bond acceptors (Lipinski definition) is 4. The van der Waals surface area contributed by atoms with Gasteiger partial charge in [-0.1, -0.05) is 48.9 Å². The van der Waals surface area contributed by atoms with E-state index in [1.165, 1.54) is 11.0 Å². The van der Waals surface area contributed by atoms with Crippen molar-refractivity contribution in [3.63, 3.8) is 0 Å². The van der Waals surface area contributed by atoms with Crippen LogP contribution in [0.5, 0.6) is 0 Å². The Kier molecular flexibility index (Phi) is 9.31. The Morgan fingerprint density at radius 2 is 1.76 bits per heavy atom. The molecule has 1 N–H and O–H groups in total. The SMILES string of the molecule is CC[C@@H](C)NC(=O)[C@H](C)N(Cc1ccccc1C)C(=O)CN(c1cccc(Cl)c1)S(C)(=O)=O. The van der Waals surface area contributed by atoms with Gasteiger partial charge in [0, 0.05) is 17.6 Å². The first-order valence-corrected chi connectivity index (χ1v) is 13.0. The van der Waals surface area contributed by atoms with Gasteiger partial charge in [0.25, 0.3) is 0 Å². The van der Waals surface area contributed by atoms with Crippen LogP contribution in [0.2, 0.25) is 5.02 Å². The first-order chi connectivity index (χ1) is 15.4. The fourth-order valence-corrected chi connectivity index (χ4v) is 4.29. The zero-order chi connectivity index (χ0) is 24.8. The van der Waals surface area contributed by atoms with E-state index in [9.17, 15) is 18.0 Å². The van der Waals surface area contributed by atoms with Crippen molar-refractivity contribution in [2.75, 3.05) is 17.1 Å². The lowest BCUT2D eigenvalue weighted by molar-refractivity contribution is -0.139. The standard InChI is InChI=1S/C24H32ClN3O4S/c1-6-18(3)26-24(30)19(4)27(15-20-11-8-7-10-17(20)2)23(29)16-28(33(5,31)32)22-13-9-12-21(25)14-22/h7-14,18-19H,6,15-16H2,1-5H3,(H,26,30)/t18-,19+/m1/s1. The molecule has 0 bridgehead atoms. The number of benzene rings is 2. The number of nitrogens with zero attached hydrogens (tertiary/aromatic N) is 2. The van der Waals surface area contributed by atoms with Crippen molar-refractivity contribution in [1.82, 2.24) is 10.2 Å². The summed E-state index contributed by atoms with van der Waals surface area (Å²) in [5, 5.41) is 3.26. The summed E-state index contributed by atoms with van der Waals surface area (Å²) in [6, 6.07) is 13.0. The fourth-order valence-electron chi connectivity index (χ4n) is 3.26. The Bertz CT molecular complexity index is 1090. The van der Waals surface area contributed by atoms with Crippen LogP contribution in [0, 0.1) is 6.92 Å². The highest BCUT2D eigenvalue weighted by Gasteiger charge is 2.30. The van der Waals surface area contributed by atoms with E-state index in [2.05, 4.69) is 5.32 Å². The van der Waals surface area contributed by atoms with Gasteiger partial charge >= 0.3 is 0 Å². The Labute approximate surface area is 201 Å². The van der Waals surface area contributed by atoms with Gasteiger partial charge in [0.05, 0.1) is 11.9 Å². The largest absolute Gasteiger partial charge is 0.352 e. The highest BCUT2D eigenvalue weighted by atomic mass is 35.5. The molecule has 0 aromatic heterocycles. The Morgan fingerprint density at radius 1 is 1.09 bits per heavy atom. The molecule has 2 amide bonds. The van der Waals surface area contributed by atoms with Crippen molar-refractivity contribution in [3.05, 3.63) is 64.7 Å². The molecule has 0 radical (unpaired) electrons. The van der Waals surface area contributed by atoms with Gasteiger partial charge in [0.15, 0.2) is 0 Å². The lowest BCUT2D eigenvalue weighted by Gasteiger charge is -2.32. The molecule has 180 valence electrons. The second-order valence-electron chi connectivity index (χ2n) is 8.19. The number of carbonyl (C=O) groups excluding carboxylic acids is 2. The maximum absolute atomic E-state index is 13.5. The summed E-state index contributed by atoms with van der Waals surface area (Å²) in [4.78, 5) is 27.8. The first kappa shape index (κ1) is 26.7. The molecule has 0 heterocycles. The summed E-state index contributed by atoms with van der Waals surface area (Å²) in [6.45, 7) is 7.15. The second-order valence-corrected chi connectivity index (χ2v) is 10.5. The number of halogens is 1. The third kappa shape index (κ3) is 7.47. The highest BCUT2D eigenvalue weighted by molar-refractivity contribution is 7.92. The summed E-state index contributed by atoms with van der Waals surface area (Å²) in [5.74, 6) is -0.782. The van der Waals surface area contributed by atoms with Crippen LogP contribution >= 0.6 is 11.6 Å². The van der Waals surface area contributed by atoms with Crippen LogP contribution in [0.4, 0.5) is 5.69 Å². The van der Waals surface area contributed by atoms with E-state index in [0.29, 0.717) is 5.02 Å². The lowest BCUT2D eigenvalue weighted by atomic mass is 10.1. The number of sulfonamides is 1. The number of carbonyl (C=O) groups is 2. The Balaban J connectivity index is 2.40. The van der Waals surface area contributed by atoms with Gasteiger partial charge in [-0.3, -0.25) is 13.9 Å². The van der Waals surface area contributed by atoms with Gasteiger partial charge < -0.3 is 10.2 Å². The number of nitrogens with one attached hydrogen (secondary N) is 1. The zero-order valence-corrected chi connectivity index (χ0v) is 21.3. The minimum atomic E-state index is -3.79. The molecular weight excluding hydrogens is 462 g/mol. The molecule has 0 unspecified atom stereocenters. The average Bonchev–Trinajstić information content (AvgIpc) is 2.75. The van der Waals surface area contributed by atoms with E-state index < -0.39 is 28.5 Å². The highest BCUT2D eigenvalue weighted by Crippen LogP contribution is 2.23.